The van der Waals surface area contributed by atoms with Gasteiger partial charge in [-0.3, -0.25) is 0 Å². The van der Waals surface area contributed by atoms with Gasteiger partial charge in [-0.2, -0.15) is 0 Å². The Hall–Kier alpha value is -1.97. The molecule has 0 heterocycles. The fourth-order valence-corrected chi connectivity index (χ4v) is 3.19. The summed E-state index contributed by atoms with van der Waals surface area (Å²) in [5.74, 6) is 0.395. The maximum Gasteiger partial charge on any atom is 0.513 e. The molecule has 3 rings (SSSR count). The first kappa shape index (κ1) is 16.9. The van der Waals surface area contributed by atoms with E-state index >= 15 is 0 Å². The first-order chi connectivity index (χ1) is 11.6. The third-order valence-corrected chi connectivity index (χ3v) is 4.25. The number of rotatable bonds is 4. The first-order valence-corrected chi connectivity index (χ1v) is 8.51. The van der Waals surface area contributed by atoms with Gasteiger partial charge in [0.1, 0.15) is 0 Å². The number of hydrogen-bond acceptors (Lipinski definition) is 3. The van der Waals surface area contributed by atoms with Crippen molar-refractivity contribution >= 4 is 50.9 Å². The zero-order valence-electron chi connectivity index (χ0n) is 13.1. The normalized spacial score (nSPS) is 11.0. The van der Waals surface area contributed by atoms with Gasteiger partial charge in [-0.05, 0) is 35.4 Å². The molecule has 0 atom stereocenters. The highest BCUT2D eigenvalue weighted by Gasteiger charge is 2.16. The van der Waals surface area contributed by atoms with Gasteiger partial charge in [-0.15, -0.1) is 0 Å². The molecular weight excluding hydrogens is 347 g/mol. The van der Waals surface area contributed by atoms with Crippen LogP contribution in [0.4, 0.5) is 4.79 Å². The summed E-state index contributed by atoms with van der Waals surface area (Å²) in [6.07, 6.45) is 1.00. The summed E-state index contributed by atoms with van der Waals surface area (Å²) in [5.41, 5.74) is 0. The van der Waals surface area contributed by atoms with Gasteiger partial charge in [0.2, 0.25) is 0 Å². The van der Waals surface area contributed by atoms with Crippen LogP contribution in [0, 0.1) is 0 Å². The van der Waals surface area contributed by atoms with E-state index in [2.05, 4.69) is 0 Å². The highest BCUT2D eigenvalue weighted by molar-refractivity contribution is 6.39. The lowest BCUT2D eigenvalue weighted by Gasteiger charge is -2.13. The van der Waals surface area contributed by atoms with E-state index in [1.807, 2.05) is 37.3 Å². The van der Waals surface area contributed by atoms with Crippen LogP contribution in [-0.4, -0.2) is 12.8 Å². The van der Waals surface area contributed by atoms with E-state index < -0.39 is 6.16 Å². The second-order valence-electron chi connectivity index (χ2n) is 5.47. The van der Waals surface area contributed by atoms with Crippen molar-refractivity contribution in [2.45, 2.75) is 19.8 Å². The third kappa shape index (κ3) is 3.42. The number of carbonyl (C=O) groups is 1. The monoisotopic (exact) mass is 362 g/mol. The van der Waals surface area contributed by atoms with Crippen LogP contribution in [0.15, 0.2) is 42.5 Å². The van der Waals surface area contributed by atoms with Gasteiger partial charge in [-0.1, -0.05) is 60.8 Å². The maximum atomic E-state index is 12.0. The van der Waals surface area contributed by atoms with Crippen molar-refractivity contribution in [3.05, 3.63) is 52.5 Å². The maximum absolute atomic E-state index is 12.0. The lowest BCUT2D eigenvalue weighted by Crippen LogP contribution is -2.12. The van der Waals surface area contributed by atoms with E-state index in [1.54, 1.807) is 12.1 Å². The zero-order valence-corrected chi connectivity index (χ0v) is 14.7. The average Bonchev–Trinajstić information content (AvgIpc) is 2.54. The number of ether oxygens (including phenoxy) is 2. The highest BCUT2D eigenvalue weighted by Crippen LogP contribution is 2.40. The number of hydrogen-bond donors (Lipinski definition) is 0. The Morgan fingerprint density at radius 1 is 1.08 bits per heavy atom. The average molecular weight is 363 g/mol. The van der Waals surface area contributed by atoms with Crippen molar-refractivity contribution in [3.8, 4) is 5.75 Å². The Bertz CT molecular complexity index is 906. The molecule has 5 heteroatoms. The molecule has 0 aliphatic heterocycles. The number of carbonyl (C=O) groups excluding carboxylic acids is 1. The van der Waals surface area contributed by atoms with Crippen molar-refractivity contribution in [2.75, 3.05) is 6.61 Å². The van der Waals surface area contributed by atoms with Crippen LogP contribution in [0.3, 0.4) is 0 Å². The summed E-state index contributed by atoms with van der Waals surface area (Å²) in [7, 11) is 0. The van der Waals surface area contributed by atoms with Gasteiger partial charge in [0.25, 0.3) is 0 Å². The lowest BCUT2D eigenvalue weighted by atomic mass is 10.0. The molecule has 0 saturated carbocycles. The van der Waals surface area contributed by atoms with E-state index in [9.17, 15) is 4.79 Å². The van der Waals surface area contributed by atoms with Crippen molar-refractivity contribution in [1.29, 1.82) is 0 Å². The molecule has 124 valence electrons. The Balaban J connectivity index is 2.13. The van der Waals surface area contributed by atoms with Crippen molar-refractivity contribution < 1.29 is 14.3 Å². The molecule has 24 heavy (non-hydrogen) atoms. The number of benzene rings is 3. The molecule has 0 N–H and O–H groups in total. The fraction of sp³-hybridized carbons (Fsp3) is 0.211. The fourth-order valence-electron chi connectivity index (χ4n) is 2.60. The quantitative estimate of drug-likeness (QED) is 0.226. The smallest absolute Gasteiger partial charge is 0.434 e. The Labute approximate surface area is 150 Å². The van der Waals surface area contributed by atoms with Crippen LogP contribution in [-0.2, 0) is 4.74 Å². The van der Waals surface area contributed by atoms with E-state index in [0.29, 0.717) is 27.8 Å². The molecule has 0 aromatic heterocycles. The van der Waals surface area contributed by atoms with Gasteiger partial charge in [-0.25, -0.2) is 4.79 Å². The minimum Gasteiger partial charge on any atom is -0.434 e. The van der Waals surface area contributed by atoms with Gasteiger partial charge < -0.3 is 9.47 Å². The van der Waals surface area contributed by atoms with E-state index in [-0.39, 0.29) is 0 Å². The number of halogens is 2. The van der Waals surface area contributed by atoms with Gasteiger partial charge in [0.05, 0.1) is 11.6 Å². The third-order valence-electron chi connectivity index (χ3n) is 3.73. The summed E-state index contributed by atoms with van der Waals surface area (Å²) < 4.78 is 10.6. The molecule has 0 amide bonds. The minimum absolute atomic E-state index is 0.331. The molecule has 0 aliphatic carbocycles. The van der Waals surface area contributed by atoms with Crippen LogP contribution < -0.4 is 4.74 Å². The van der Waals surface area contributed by atoms with Crippen LogP contribution >= 0.6 is 23.2 Å². The van der Waals surface area contributed by atoms with Crippen LogP contribution in [0.1, 0.15) is 19.8 Å². The molecule has 3 nitrogen and oxygen atoms in total. The second-order valence-corrected chi connectivity index (χ2v) is 6.31. The summed E-state index contributed by atoms with van der Waals surface area (Å²) >= 11 is 12.5. The van der Waals surface area contributed by atoms with E-state index in [0.717, 1.165) is 29.0 Å². The van der Waals surface area contributed by atoms with Crippen LogP contribution in [0.25, 0.3) is 21.5 Å². The molecule has 0 spiro atoms. The summed E-state index contributed by atoms with van der Waals surface area (Å²) in [5, 5.41) is 4.13. The van der Waals surface area contributed by atoms with Gasteiger partial charge in [0, 0.05) is 15.8 Å². The molecule has 0 bridgehead atoms. The Morgan fingerprint density at radius 2 is 1.88 bits per heavy atom. The number of fused-ring (bicyclic) bond motifs is 2. The molecule has 3 aromatic carbocycles. The SMILES string of the molecule is CCCCOC(=O)Oc1c2ccccc2cc2cc(Cl)cc(Cl)c12. The van der Waals surface area contributed by atoms with Crippen molar-refractivity contribution in [2.24, 2.45) is 0 Å². The summed E-state index contributed by atoms with van der Waals surface area (Å²) in [4.78, 5) is 12.0. The minimum atomic E-state index is -0.730. The second kappa shape index (κ2) is 7.29. The van der Waals surface area contributed by atoms with Gasteiger partial charge in [0.15, 0.2) is 5.75 Å². The summed E-state index contributed by atoms with van der Waals surface area (Å²) in [6, 6.07) is 13.0. The van der Waals surface area contributed by atoms with Crippen molar-refractivity contribution in [3.63, 3.8) is 0 Å². The van der Waals surface area contributed by atoms with Crippen molar-refractivity contribution in [1.82, 2.24) is 0 Å². The molecule has 0 aliphatic rings. The van der Waals surface area contributed by atoms with Crippen LogP contribution in [0.2, 0.25) is 10.0 Å². The summed E-state index contributed by atoms with van der Waals surface area (Å²) in [6.45, 7) is 2.36. The molecule has 0 saturated heterocycles. The molecule has 0 radical (unpaired) electrons. The molecule has 3 aromatic rings. The molecular formula is C19H16Cl2O3. The Morgan fingerprint density at radius 3 is 2.67 bits per heavy atom. The van der Waals surface area contributed by atoms with Gasteiger partial charge >= 0.3 is 6.16 Å². The predicted molar refractivity (Wildman–Crippen MR) is 98.4 cm³/mol. The lowest BCUT2D eigenvalue weighted by molar-refractivity contribution is 0.0988. The number of unbranched alkanes of at least 4 members (excludes halogenated alkanes) is 1. The van der Waals surface area contributed by atoms with E-state index in [1.165, 1.54) is 0 Å². The largest absolute Gasteiger partial charge is 0.513 e. The highest BCUT2D eigenvalue weighted by atomic mass is 35.5. The van der Waals surface area contributed by atoms with Crippen LogP contribution in [0.5, 0.6) is 5.75 Å². The Kier molecular flexibility index (Phi) is 5.12. The topological polar surface area (TPSA) is 35.5 Å². The standard InChI is InChI=1S/C19H16Cl2O3/c1-2-3-8-23-19(22)24-18-15-7-5-4-6-12(15)9-13-10-14(20)11-16(21)17(13)18/h4-7,9-11H,2-3,8H2,1H3. The van der Waals surface area contributed by atoms with E-state index in [4.69, 9.17) is 32.7 Å². The zero-order chi connectivity index (χ0) is 17.1. The predicted octanol–water partition coefficient (Wildman–Crippen LogP) is 6.62. The first-order valence-electron chi connectivity index (χ1n) is 7.75. The molecule has 0 fully saturated rings. The molecule has 0 unspecified atom stereocenters.